The SMILES string of the molecule is O=C(COc1ccc(Cl)cc1)Nc1nnc(SCc2cccc(Cl)c2F)s1. The Bertz CT molecular complexity index is 938. The van der Waals surface area contributed by atoms with Gasteiger partial charge < -0.3 is 4.74 Å². The zero-order chi connectivity index (χ0) is 19.2. The zero-order valence-corrected chi connectivity index (χ0v) is 16.8. The molecule has 0 bridgehead atoms. The van der Waals surface area contributed by atoms with Crippen LogP contribution in [0.5, 0.6) is 5.75 Å². The maximum absolute atomic E-state index is 13.9. The molecule has 0 aliphatic rings. The van der Waals surface area contributed by atoms with E-state index in [1.54, 1.807) is 36.4 Å². The average Bonchev–Trinajstić information content (AvgIpc) is 3.10. The summed E-state index contributed by atoms with van der Waals surface area (Å²) in [6.07, 6.45) is 0. The molecule has 5 nitrogen and oxygen atoms in total. The van der Waals surface area contributed by atoms with Gasteiger partial charge >= 0.3 is 0 Å². The molecule has 0 aliphatic heterocycles. The van der Waals surface area contributed by atoms with Crippen LogP contribution in [-0.4, -0.2) is 22.7 Å². The summed E-state index contributed by atoms with van der Waals surface area (Å²) in [5.41, 5.74) is 0.477. The molecule has 0 radical (unpaired) electrons. The van der Waals surface area contributed by atoms with Crippen LogP contribution < -0.4 is 10.1 Å². The van der Waals surface area contributed by atoms with E-state index in [0.29, 0.717) is 31.6 Å². The number of thioether (sulfide) groups is 1. The molecule has 0 saturated carbocycles. The second-order valence-electron chi connectivity index (χ2n) is 5.17. The van der Waals surface area contributed by atoms with Gasteiger partial charge in [-0.2, -0.15) is 0 Å². The van der Waals surface area contributed by atoms with Crippen molar-refractivity contribution in [1.82, 2.24) is 10.2 Å². The number of halogens is 3. The molecule has 3 rings (SSSR count). The topological polar surface area (TPSA) is 64.1 Å². The molecule has 27 heavy (non-hydrogen) atoms. The van der Waals surface area contributed by atoms with Crippen LogP contribution in [0.2, 0.25) is 10.0 Å². The highest BCUT2D eigenvalue weighted by Crippen LogP contribution is 2.30. The van der Waals surface area contributed by atoms with Gasteiger partial charge in [0.15, 0.2) is 10.9 Å². The van der Waals surface area contributed by atoms with Crippen molar-refractivity contribution in [2.45, 2.75) is 10.1 Å². The smallest absolute Gasteiger partial charge is 0.264 e. The number of carbonyl (C=O) groups is 1. The summed E-state index contributed by atoms with van der Waals surface area (Å²) in [6.45, 7) is -0.169. The van der Waals surface area contributed by atoms with Gasteiger partial charge in [0.05, 0.1) is 5.02 Å². The van der Waals surface area contributed by atoms with Crippen molar-refractivity contribution in [3.05, 3.63) is 63.9 Å². The molecule has 2 aromatic carbocycles. The van der Waals surface area contributed by atoms with Gasteiger partial charge in [-0.25, -0.2) is 4.39 Å². The molecule has 3 aromatic rings. The largest absolute Gasteiger partial charge is 0.484 e. The lowest BCUT2D eigenvalue weighted by atomic mass is 10.2. The van der Waals surface area contributed by atoms with Crippen LogP contribution in [0.15, 0.2) is 46.8 Å². The molecule has 0 aliphatic carbocycles. The Labute approximate surface area is 172 Å². The number of aromatic nitrogens is 2. The first-order valence-corrected chi connectivity index (χ1v) is 10.1. The van der Waals surface area contributed by atoms with Crippen LogP contribution in [0.4, 0.5) is 9.52 Å². The van der Waals surface area contributed by atoms with E-state index < -0.39 is 5.82 Å². The Morgan fingerprint density at radius 3 is 2.74 bits per heavy atom. The summed E-state index contributed by atoms with van der Waals surface area (Å²) >= 11 is 14.1. The van der Waals surface area contributed by atoms with Crippen LogP contribution >= 0.6 is 46.3 Å². The van der Waals surface area contributed by atoms with E-state index in [0.717, 1.165) is 0 Å². The minimum atomic E-state index is -0.441. The minimum absolute atomic E-state index is 0.0824. The molecule has 0 spiro atoms. The van der Waals surface area contributed by atoms with E-state index in [4.69, 9.17) is 27.9 Å². The molecule has 140 valence electrons. The summed E-state index contributed by atoms with van der Waals surface area (Å²) in [4.78, 5) is 11.9. The second-order valence-corrected chi connectivity index (χ2v) is 8.21. The molecule has 0 unspecified atom stereocenters. The van der Waals surface area contributed by atoms with E-state index in [2.05, 4.69) is 15.5 Å². The monoisotopic (exact) mass is 443 g/mol. The summed E-state index contributed by atoms with van der Waals surface area (Å²) in [5, 5.41) is 11.5. The zero-order valence-electron chi connectivity index (χ0n) is 13.6. The summed E-state index contributed by atoms with van der Waals surface area (Å²) in [7, 11) is 0. The van der Waals surface area contributed by atoms with Gasteiger partial charge in [-0.15, -0.1) is 10.2 Å². The number of nitrogens with zero attached hydrogens (tertiary/aromatic N) is 2. The van der Waals surface area contributed by atoms with Gasteiger partial charge in [-0.3, -0.25) is 10.1 Å². The van der Waals surface area contributed by atoms with Crippen molar-refractivity contribution in [2.24, 2.45) is 0 Å². The average molecular weight is 444 g/mol. The number of anilines is 1. The molecular formula is C17H12Cl2FN3O2S2. The fraction of sp³-hybridized carbons (Fsp3) is 0.118. The van der Waals surface area contributed by atoms with Crippen LogP contribution in [0, 0.1) is 5.82 Å². The Morgan fingerprint density at radius 2 is 1.96 bits per heavy atom. The van der Waals surface area contributed by atoms with Crippen molar-refractivity contribution in [2.75, 3.05) is 11.9 Å². The number of ether oxygens (including phenoxy) is 1. The van der Waals surface area contributed by atoms with Crippen molar-refractivity contribution in [1.29, 1.82) is 0 Å². The van der Waals surface area contributed by atoms with E-state index in [1.807, 2.05) is 0 Å². The van der Waals surface area contributed by atoms with Gasteiger partial charge in [-0.05, 0) is 35.9 Å². The van der Waals surface area contributed by atoms with Gasteiger partial charge in [0.1, 0.15) is 11.6 Å². The fourth-order valence-electron chi connectivity index (χ4n) is 1.95. The van der Waals surface area contributed by atoms with Crippen molar-refractivity contribution in [3.8, 4) is 5.75 Å². The highest BCUT2D eigenvalue weighted by molar-refractivity contribution is 8.00. The number of hydrogen-bond acceptors (Lipinski definition) is 6. The summed E-state index contributed by atoms with van der Waals surface area (Å²) < 4.78 is 19.8. The predicted octanol–water partition coefficient (Wildman–Crippen LogP) is 5.29. The summed E-state index contributed by atoms with van der Waals surface area (Å²) in [5.74, 6) is 0.0865. The molecule has 1 N–H and O–H groups in total. The van der Waals surface area contributed by atoms with E-state index >= 15 is 0 Å². The lowest BCUT2D eigenvalue weighted by molar-refractivity contribution is -0.118. The Balaban J connectivity index is 1.49. The maximum Gasteiger partial charge on any atom is 0.264 e. The molecule has 10 heteroatoms. The van der Waals surface area contributed by atoms with E-state index in [-0.39, 0.29) is 17.5 Å². The van der Waals surface area contributed by atoms with E-state index in [9.17, 15) is 9.18 Å². The molecule has 0 fully saturated rings. The highest BCUT2D eigenvalue weighted by atomic mass is 35.5. The summed E-state index contributed by atoms with van der Waals surface area (Å²) in [6, 6.07) is 11.5. The van der Waals surface area contributed by atoms with Crippen LogP contribution in [0.1, 0.15) is 5.56 Å². The fourth-order valence-corrected chi connectivity index (χ4v) is 4.02. The van der Waals surface area contributed by atoms with Gasteiger partial charge in [0, 0.05) is 10.8 Å². The molecular weight excluding hydrogens is 432 g/mol. The third kappa shape index (κ3) is 5.80. The molecule has 0 atom stereocenters. The maximum atomic E-state index is 13.9. The number of benzene rings is 2. The number of hydrogen-bond donors (Lipinski definition) is 1. The first kappa shape index (κ1) is 19.9. The van der Waals surface area contributed by atoms with Crippen molar-refractivity contribution < 1.29 is 13.9 Å². The predicted molar refractivity (Wildman–Crippen MR) is 106 cm³/mol. The Kier molecular flexibility index (Phi) is 6.89. The van der Waals surface area contributed by atoms with Crippen LogP contribution in [-0.2, 0) is 10.5 Å². The van der Waals surface area contributed by atoms with Gasteiger partial charge in [0.25, 0.3) is 5.91 Å². The van der Waals surface area contributed by atoms with Gasteiger partial charge in [0.2, 0.25) is 5.13 Å². The lowest BCUT2D eigenvalue weighted by Crippen LogP contribution is -2.20. The third-order valence-electron chi connectivity index (χ3n) is 3.22. The third-order valence-corrected chi connectivity index (χ3v) is 5.78. The standard InChI is InChI=1S/C17H12Cl2FN3O2S2/c18-11-4-6-12(7-5-11)25-8-14(24)21-16-22-23-17(27-16)26-9-10-2-1-3-13(19)15(10)20/h1-7H,8-9H2,(H,21,22,24). The molecule has 1 heterocycles. The normalized spacial score (nSPS) is 10.6. The first-order chi connectivity index (χ1) is 13.0. The molecule has 0 saturated heterocycles. The number of rotatable bonds is 7. The van der Waals surface area contributed by atoms with Gasteiger partial charge in [-0.1, -0.05) is 58.4 Å². The number of carbonyl (C=O) groups excluding carboxylic acids is 1. The minimum Gasteiger partial charge on any atom is -0.484 e. The highest BCUT2D eigenvalue weighted by Gasteiger charge is 2.11. The first-order valence-electron chi connectivity index (χ1n) is 7.58. The molecule has 1 amide bonds. The number of nitrogens with one attached hydrogen (secondary N) is 1. The quantitative estimate of drug-likeness (QED) is 0.396. The van der Waals surface area contributed by atoms with Crippen LogP contribution in [0.3, 0.4) is 0 Å². The lowest BCUT2D eigenvalue weighted by Gasteiger charge is -2.05. The van der Waals surface area contributed by atoms with Crippen molar-refractivity contribution >= 4 is 57.3 Å². The molecule has 1 aromatic heterocycles. The second kappa shape index (κ2) is 9.36. The number of amides is 1. The van der Waals surface area contributed by atoms with Crippen LogP contribution in [0.25, 0.3) is 0 Å². The Hall–Kier alpha value is -1.87. The van der Waals surface area contributed by atoms with Crippen molar-refractivity contribution in [3.63, 3.8) is 0 Å². The Morgan fingerprint density at radius 1 is 1.19 bits per heavy atom. The van der Waals surface area contributed by atoms with E-state index in [1.165, 1.54) is 29.2 Å².